The molecule has 1 aromatic rings. The van der Waals surface area contributed by atoms with Gasteiger partial charge in [0.2, 0.25) is 6.04 Å². The van der Waals surface area contributed by atoms with E-state index in [1.165, 1.54) is 14.1 Å². The average Bonchev–Trinajstić information content (AvgIpc) is 2.44. The van der Waals surface area contributed by atoms with Crippen LogP contribution in [0.2, 0.25) is 0 Å². The topological polar surface area (TPSA) is 82.4 Å². The first-order chi connectivity index (χ1) is 9.02. The highest BCUT2D eigenvalue weighted by Crippen LogP contribution is 2.16. The minimum Gasteiger partial charge on any atom is -0.271 e. The maximum atomic E-state index is 11.8. The van der Waals surface area contributed by atoms with E-state index in [1.807, 2.05) is 6.07 Å². The van der Waals surface area contributed by atoms with E-state index in [1.54, 1.807) is 24.3 Å². The molecule has 0 aromatic heterocycles. The van der Waals surface area contributed by atoms with E-state index in [0.717, 1.165) is 9.80 Å². The maximum Gasteiger partial charge on any atom is 0.333 e. The highest BCUT2D eigenvalue weighted by atomic mass is 16.2. The van der Waals surface area contributed by atoms with Crippen LogP contribution in [0, 0.1) is 0 Å². The number of carbonyl (C=O) groups is 3. The van der Waals surface area contributed by atoms with Crippen LogP contribution < -0.4 is 0 Å². The Bertz CT molecular complexity index is 531. The van der Waals surface area contributed by atoms with Gasteiger partial charge in [0.1, 0.15) is 0 Å². The molecular weight excluding hydrogens is 248 g/mol. The molecule has 0 saturated carbocycles. The summed E-state index contributed by atoms with van der Waals surface area (Å²) in [5.74, 6) is -1.35. The SMILES string of the molecule is CN1C(=O)C(N=Nc2ccccc2)C(=O)N(C)C1=O. The van der Waals surface area contributed by atoms with Crippen molar-refractivity contribution in [2.45, 2.75) is 6.04 Å². The average molecular weight is 260 g/mol. The summed E-state index contributed by atoms with van der Waals surface area (Å²) in [4.78, 5) is 36.9. The van der Waals surface area contributed by atoms with E-state index >= 15 is 0 Å². The van der Waals surface area contributed by atoms with E-state index in [2.05, 4.69) is 10.2 Å². The molecule has 0 bridgehead atoms. The lowest BCUT2D eigenvalue weighted by atomic mass is 10.2. The van der Waals surface area contributed by atoms with E-state index in [0.29, 0.717) is 5.69 Å². The van der Waals surface area contributed by atoms with Crippen LogP contribution >= 0.6 is 0 Å². The van der Waals surface area contributed by atoms with Gasteiger partial charge in [-0.2, -0.15) is 10.2 Å². The highest BCUT2D eigenvalue weighted by Gasteiger charge is 2.42. The number of nitrogens with zero attached hydrogens (tertiary/aromatic N) is 4. The van der Waals surface area contributed by atoms with Gasteiger partial charge in [-0.1, -0.05) is 18.2 Å². The Morgan fingerprint density at radius 3 is 2.00 bits per heavy atom. The molecule has 0 aliphatic carbocycles. The number of hydrogen-bond acceptors (Lipinski definition) is 5. The van der Waals surface area contributed by atoms with Crippen molar-refractivity contribution in [3.05, 3.63) is 30.3 Å². The molecule has 19 heavy (non-hydrogen) atoms. The van der Waals surface area contributed by atoms with Crippen molar-refractivity contribution in [3.63, 3.8) is 0 Å². The fourth-order valence-electron chi connectivity index (χ4n) is 1.60. The molecule has 1 aliphatic heterocycles. The van der Waals surface area contributed by atoms with Crippen LogP contribution in [0.5, 0.6) is 0 Å². The number of carbonyl (C=O) groups excluding carboxylic acids is 3. The van der Waals surface area contributed by atoms with Crippen molar-refractivity contribution < 1.29 is 14.4 Å². The van der Waals surface area contributed by atoms with Gasteiger partial charge in [0.15, 0.2) is 0 Å². The van der Waals surface area contributed by atoms with Crippen LogP contribution in [0.1, 0.15) is 0 Å². The van der Waals surface area contributed by atoms with E-state index in [-0.39, 0.29) is 0 Å². The number of rotatable bonds is 2. The number of hydrogen-bond donors (Lipinski definition) is 0. The van der Waals surface area contributed by atoms with Crippen LogP contribution in [0.15, 0.2) is 40.6 Å². The smallest absolute Gasteiger partial charge is 0.271 e. The molecule has 1 fully saturated rings. The molecule has 7 nitrogen and oxygen atoms in total. The zero-order valence-electron chi connectivity index (χ0n) is 10.5. The minimum atomic E-state index is -1.30. The number of likely N-dealkylation sites (N-methyl/N-ethyl adjacent to an activating group) is 2. The van der Waals surface area contributed by atoms with Gasteiger partial charge in [-0.15, -0.1) is 0 Å². The van der Waals surface area contributed by atoms with Crippen molar-refractivity contribution >= 4 is 23.5 Å². The lowest BCUT2D eigenvalue weighted by Gasteiger charge is -2.30. The third kappa shape index (κ3) is 2.35. The Morgan fingerprint density at radius 2 is 1.47 bits per heavy atom. The van der Waals surface area contributed by atoms with Crippen molar-refractivity contribution in [2.75, 3.05) is 14.1 Å². The van der Waals surface area contributed by atoms with Gasteiger partial charge in [0.05, 0.1) is 5.69 Å². The van der Waals surface area contributed by atoms with Gasteiger partial charge >= 0.3 is 6.03 Å². The van der Waals surface area contributed by atoms with E-state index in [4.69, 9.17) is 0 Å². The second-order valence-electron chi connectivity index (χ2n) is 4.03. The number of azo groups is 1. The summed E-state index contributed by atoms with van der Waals surface area (Å²) in [6.07, 6.45) is 0. The predicted molar refractivity (Wildman–Crippen MR) is 65.7 cm³/mol. The fourth-order valence-corrected chi connectivity index (χ4v) is 1.60. The molecule has 2 rings (SSSR count). The fraction of sp³-hybridized carbons (Fsp3) is 0.250. The second kappa shape index (κ2) is 4.97. The molecule has 0 spiro atoms. The first kappa shape index (κ1) is 12.9. The predicted octanol–water partition coefficient (Wildman–Crippen LogP) is 1.19. The van der Waals surface area contributed by atoms with Crippen molar-refractivity contribution in [1.29, 1.82) is 0 Å². The molecule has 0 atom stereocenters. The zero-order chi connectivity index (χ0) is 14.0. The summed E-state index contributed by atoms with van der Waals surface area (Å²) >= 11 is 0. The second-order valence-corrected chi connectivity index (χ2v) is 4.03. The van der Waals surface area contributed by atoms with Gasteiger partial charge in [-0.3, -0.25) is 19.4 Å². The summed E-state index contributed by atoms with van der Waals surface area (Å²) in [5.41, 5.74) is 0.533. The van der Waals surface area contributed by atoms with Gasteiger partial charge in [-0.25, -0.2) is 4.79 Å². The van der Waals surface area contributed by atoms with Crippen LogP contribution in [0.3, 0.4) is 0 Å². The van der Waals surface area contributed by atoms with E-state index in [9.17, 15) is 14.4 Å². The summed E-state index contributed by atoms with van der Waals surface area (Å²) in [6.45, 7) is 0. The first-order valence-electron chi connectivity index (χ1n) is 5.57. The summed E-state index contributed by atoms with van der Waals surface area (Å²) in [5, 5.41) is 7.58. The molecule has 98 valence electrons. The molecular formula is C12H12N4O3. The van der Waals surface area contributed by atoms with Gasteiger partial charge in [0, 0.05) is 14.1 Å². The third-order valence-electron chi connectivity index (χ3n) is 2.75. The zero-order valence-corrected chi connectivity index (χ0v) is 10.5. The molecule has 1 aromatic carbocycles. The lowest BCUT2D eigenvalue weighted by molar-refractivity contribution is -0.143. The van der Waals surface area contributed by atoms with Crippen molar-refractivity contribution in [1.82, 2.24) is 9.80 Å². The summed E-state index contributed by atoms with van der Waals surface area (Å²) in [7, 11) is 2.61. The van der Waals surface area contributed by atoms with Crippen molar-refractivity contribution in [2.24, 2.45) is 10.2 Å². The monoisotopic (exact) mass is 260 g/mol. The Kier molecular flexibility index (Phi) is 3.37. The maximum absolute atomic E-state index is 11.8. The summed E-state index contributed by atoms with van der Waals surface area (Å²) in [6, 6.07) is 6.77. The number of imide groups is 2. The van der Waals surface area contributed by atoms with Crippen LogP contribution in [0.25, 0.3) is 0 Å². The van der Waals surface area contributed by atoms with Crippen LogP contribution in [-0.4, -0.2) is 47.8 Å². The normalized spacial score (nSPS) is 17.7. The highest BCUT2D eigenvalue weighted by molar-refractivity contribution is 6.18. The van der Waals surface area contributed by atoms with Gasteiger partial charge in [-0.05, 0) is 12.1 Å². The number of urea groups is 1. The molecule has 0 radical (unpaired) electrons. The third-order valence-corrected chi connectivity index (χ3v) is 2.75. The largest absolute Gasteiger partial charge is 0.333 e. The molecule has 1 heterocycles. The summed E-state index contributed by atoms with van der Waals surface area (Å²) < 4.78 is 0. The Balaban J connectivity index is 2.24. The molecule has 7 heteroatoms. The number of benzene rings is 1. The van der Waals surface area contributed by atoms with Crippen molar-refractivity contribution in [3.8, 4) is 0 Å². The van der Waals surface area contributed by atoms with Gasteiger partial charge < -0.3 is 0 Å². The molecule has 0 unspecified atom stereocenters. The minimum absolute atomic E-state index is 0.533. The Morgan fingerprint density at radius 1 is 0.947 bits per heavy atom. The lowest BCUT2D eigenvalue weighted by Crippen LogP contribution is -2.58. The first-order valence-corrected chi connectivity index (χ1v) is 5.57. The molecule has 4 amide bonds. The van der Waals surface area contributed by atoms with Crippen LogP contribution in [0.4, 0.5) is 10.5 Å². The van der Waals surface area contributed by atoms with Crippen LogP contribution in [-0.2, 0) is 9.59 Å². The van der Waals surface area contributed by atoms with E-state index < -0.39 is 23.9 Å². The number of barbiturate groups is 1. The molecule has 1 saturated heterocycles. The quantitative estimate of drug-likeness (QED) is 0.591. The Hall–Kier alpha value is -2.57. The molecule has 1 aliphatic rings. The Labute approximate surface area is 109 Å². The van der Waals surface area contributed by atoms with Gasteiger partial charge in [0.25, 0.3) is 11.8 Å². The standard InChI is InChI=1S/C12H12N4O3/c1-15-10(17)9(11(18)16(2)12(15)19)14-13-8-6-4-3-5-7-8/h3-7,9H,1-2H3. The number of amides is 4. The molecule has 0 N–H and O–H groups in total.